The maximum atomic E-state index is 13.0. The number of hydrogen-bond acceptors (Lipinski definition) is 2. The van der Waals surface area contributed by atoms with Crippen molar-refractivity contribution in [1.29, 1.82) is 0 Å². The van der Waals surface area contributed by atoms with Gasteiger partial charge in [-0.05, 0) is 19.1 Å². The normalized spacial score (nSPS) is 10.9. The van der Waals surface area contributed by atoms with E-state index in [1.165, 1.54) is 6.07 Å². The topological polar surface area (TPSA) is 43.8 Å². The van der Waals surface area contributed by atoms with Crippen molar-refractivity contribution in [3.8, 4) is 0 Å². The molecule has 0 spiro atoms. The minimum Gasteiger partial charge on any atom is -0.396 e. The molecule has 0 fully saturated rings. The van der Waals surface area contributed by atoms with E-state index in [0.717, 1.165) is 17.4 Å². The molecule has 0 amide bonds. The summed E-state index contributed by atoms with van der Waals surface area (Å²) in [6, 6.07) is 3.02. The van der Waals surface area contributed by atoms with Gasteiger partial charge < -0.3 is 5.73 Å². The number of halogens is 1. The Bertz CT molecular complexity index is 447. The van der Waals surface area contributed by atoms with Crippen LogP contribution in [0.15, 0.2) is 18.3 Å². The fourth-order valence-corrected chi connectivity index (χ4v) is 1.37. The van der Waals surface area contributed by atoms with Gasteiger partial charge in [-0.2, -0.15) is 5.10 Å². The van der Waals surface area contributed by atoms with Gasteiger partial charge in [0.1, 0.15) is 5.82 Å². The molecular weight excluding hydrogens is 169 g/mol. The molecule has 2 aromatic rings. The highest BCUT2D eigenvalue weighted by Crippen LogP contribution is 2.20. The maximum Gasteiger partial charge on any atom is 0.146 e. The van der Waals surface area contributed by atoms with E-state index in [2.05, 4.69) is 5.10 Å². The quantitative estimate of drug-likeness (QED) is 0.678. The van der Waals surface area contributed by atoms with Crippen LogP contribution in [-0.2, 0) is 6.54 Å². The summed E-state index contributed by atoms with van der Waals surface area (Å²) in [5.74, 6) is -0.386. The first kappa shape index (κ1) is 8.04. The Balaban J connectivity index is 2.77. The smallest absolute Gasteiger partial charge is 0.146 e. The van der Waals surface area contributed by atoms with E-state index in [-0.39, 0.29) is 11.5 Å². The second-order valence-corrected chi connectivity index (χ2v) is 2.89. The number of hydrogen-bond donors (Lipinski definition) is 1. The van der Waals surface area contributed by atoms with Gasteiger partial charge in [0, 0.05) is 11.9 Å². The maximum absolute atomic E-state index is 13.0. The molecule has 1 aromatic carbocycles. The minimum absolute atomic E-state index is 0.169. The number of nitrogen functional groups attached to an aromatic ring is 1. The molecule has 4 heteroatoms. The van der Waals surface area contributed by atoms with Gasteiger partial charge in [0.15, 0.2) is 0 Å². The van der Waals surface area contributed by atoms with Gasteiger partial charge in [0.2, 0.25) is 0 Å². The van der Waals surface area contributed by atoms with Gasteiger partial charge in [-0.3, -0.25) is 4.68 Å². The van der Waals surface area contributed by atoms with Crippen LogP contribution in [-0.4, -0.2) is 9.78 Å². The number of fused-ring (bicyclic) bond motifs is 1. The number of anilines is 1. The van der Waals surface area contributed by atoms with E-state index in [9.17, 15) is 4.39 Å². The lowest BCUT2D eigenvalue weighted by Gasteiger charge is -2.00. The van der Waals surface area contributed by atoms with Gasteiger partial charge in [-0.15, -0.1) is 0 Å². The lowest BCUT2D eigenvalue weighted by Crippen LogP contribution is -1.97. The van der Waals surface area contributed by atoms with E-state index >= 15 is 0 Å². The summed E-state index contributed by atoms with van der Waals surface area (Å²) in [6.07, 6.45) is 1.64. The van der Waals surface area contributed by atoms with Gasteiger partial charge in [-0.1, -0.05) is 0 Å². The van der Waals surface area contributed by atoms with Crippen molar-refractivity contribution < 1.29 is 4.39 Å². The number of aryl methyl sites for hydroxylation is 1. The van der Waals surface area contributed by atoms with Crippen LogP contribution in [0.3, 0.4) is 0 Å². The Morgan fingerprint density at radius 3 is 3.00 bits per heavy atom. The lowest BCUT2D eigenvalue weighted by atomic mass is 10.2. The third kappa shape index (κ3) is 1.14. The Labute approximate surface area is 75.0 Å². The minimum atomic E-state index is -0.386. The average Bonchev–Trinajstić information content (AvgIpc) is 2.48. The summed E-state index contributed by atoms with van der Waals surface area (Å²) in [6.45, 7) is 2.74. The molecule has 0 bridgehead atoms. The van der Waals surface area contributed by atoms with E-state index in [1.54, 1.807) is 16.9 Å². The number of benzene rings is 1. The molecule has 0 aliphatic rings. The summed E-state index contributed by atoms with van der Waals surface area (Å²) >= 11 is 0. The highest BCUT2D eigenvalue weighted by atomic mass is 19.1. The van der Waals surface area contributed by atoms with E-state index in [1.807, 2.05) is 6.92 Å². The van der Waals surface area contributed by atoms with Crippen molar-refractivity contribution in [3.05, 3.63) is 24.1 Å². The van der Waals surface area contributed by atoms with Crippen molar-refractivity contribution in [2.75, 3.05) is 5.73 Å². The molecule has 68 valence electrons. The third-order valence-corrected chi connectivity index (χ3v) is 2.06. The predicted molar refractivity (Wildman–Crippen MR) is 49.8 cm³/mol. The highest BCUT2D eigenvalue weighted by Gasteiger charge is 2.05. The Morgan fingerprint density at radius 1 is 1.54 bits per heavy atom. The molecule has 0 saturated heterocycles. The molecule has 0 aliphatic carbocycles. The molecule has 0 radical (unpaired) electrons. The second kappa shape index (κ2) is 2.73. The Kier molecular flexibility index (Phi) is 1.69. The van der Waals surface area contributed by atoms with Crippen LogP contribution in [0.5, 0.6) is 0 Å². The number of nitrogens with zero attached hydrogens (tertiary/aromatic N) is 2. The largest absolute Gasteiger partial charge is 0.396 e. The molecule has 0 saturated carbocycles. The van der Waals surface area contributed by atoms with Crippen LogP contribution < -0.4 is 5.73 Å². The zero-order chi connectivity index (χ0) is 9.42. The highest BCUT2D eigenvalue weighted by molar-refractivity contribution is 5.82. The molecular formula is C9H10FN3. The molecule has 1 aromatic heterocycles. The van der Waals surface area contributed by atoms with Crippen LogP contribution in [0.1, 0.15) is 6.92 Å². The second-order valence-electron chi connectivity index (χ2n) is 2.89. The van der Waals surface area contributed by atoms with Crippen LogP contribution in [0.4, 0.5) is 10.1 Å². The van der Waals surface area contributed by atoms with E-state index < -0.39 is 0 Å². The molecule has 0 aliphatic heterocycles. The molecule has 1 heterocycles. The first-order valence-electron chi connectivity index (χ1n) is 4.13. The summed E-state index contributed by atoms with van der Waals surface area (Å²) < 4.78 is 14.8. The summed E-state index contributed by atoms with van der Waals surface area (Å²) in [7, 11) is 0. The third-order valence-electron chi connectivity index (χ3n) is 2.06. The average molecular weight is 179 g/mol. The monoisotopic (exact) mass is 179 g/mol. The predicted octanol–water partition coefficient (Wildman–Crippen LogP) is 1.78. The van der Waals surface area contributed by atoms with Crippen molar-refractivity contribution >= 4 is 16.6 Å². The fraction of sp³-hybridized carbons (Fsp3) is 0.222. The fourth-order valence-electron chi connectivity index (χ4n) is 1.37. The van der Waals surface area contributed by atoms with Gasteiger partial charge >= 0.3 is 0 Å². The van der Waals surface area contributed by atoms with Crippen LogP contribution in [0.2, 0.25) is 0 Å². The van der Waals surface area contributed by atoms with E-state index in [0.29, 0.717) is 0 Å². The summed E-state index contributed by atoms with van der Waals surface area (Å²) in [4.78, 5) is 0. The zero-order valence-corrected chi connectivity index (χ0v) is 7.29. The summed E-state index contributed by atoms with van der Waals surface area (Å²) in [5, 5.41) is 4.88. The Morgan fingerprint density at radius 2 is 2.31 bits per heavy atom. The zero-order valence-electron chi connectivity index (χ0n) is 7.29. The van der Waals surface area contributed by atoms with Crippen LogP contribution >= 0.6 is 0 Å². The number of aromatic nitrogens is 2. The molecule has 2 rings (SSSR count). The van der Waals surface area contributed by atoms with Gasteiger partial charge in [0.05, 0.1) is 17.4 Å². The van der Waals surface area contributed by atoms with Gasteiger partial charge in [-0.25, -0.2) is 4.39 Å². The molecule has 13 heavy (non-hydrogen) atoms. The molecule has 3 nitrogen and oxygen atoms in total. The lowest BCUT2D eigenvalue weighted by molar-refractivity contribution is 0.634. The van der Waals surface area contributed by atoms with Crippen molar-refractivity contribution in [1.82, 2.24) is 9.78 Å². The first-order valence-corrected chi connectivity index (χ1v) is 4.13. The molecule has 0 unspecified atom stereocenters. The van der Waals surface area contributed by atoms with Crippen molar-refractivity contribution in [3.63, 3.8) is 0 Å². The van der Waals surface area contributed by atoms with Gasteiger partial charge in [0.25, 0.3) is 0 Å². The standard InChI is InChI=1S/C9H10FN3/c1-2-13-9-4-8(11)7(10)3-6(9)5-12-13/h3-5H,2,11H2,1H3. The SMILES string of the molecule is CCn1ncc2cc(F)c(N)cc21. The Hall–Kier alpha value is -1.58. The van der Waals surface area contributed by atoms with Crippen molar-refractivity contribution in [2.24, 2.45) is 0 Å². The van der Waals surface area contributed by atoms with Crippen molar-refractivity contribution in [2.45, 2.75) is 13.5 Å². The molecule has 0 atom stereocenters. The van der Waals surface area contributed by atoms with Crippen LogP contribution in [0.25, 0.3) is 10.9 Å². The van der Waals surface area contributed by atoms with E-state index in [4.69, 9.17) is 5.73 Å². The first-order chi connectivity index (χ1) is 6.22. The molecule has 2 N–H and O–H groups in total. The number of nitrogens with two attached hydrogens (primary N) is 1. The van der Waals surface area contributed by atoms with Crippen LogP contribution in [0, 0.1) is 5.82 Å². The number of rotatable bonds is 1. The summed E-state index contributed by atoms with van der Waals surface area (Å²) in [5.41, 5.74) is 6.50.